The minimum atomic E-state index is 0.363. The molecule has 0 radical (unpaired) electrons. The Labute approximate surface area is 107 Å². The second-order valence-corrected chi connectivity index (χ2v) is 6.05. The van der Waals surface area contributed by atoms with Crippen molar-refractivity contribution in [2.24, 2.45) is 5.73 Å². The first-order chi connectivity index (χ1) is 7.61. The molecule has 2 N–H and O–H groups in total. The van der Waals surface area contributed by atoms with Crippen LogP contribution in [0.5, 0.6) is 0 Å². The number of aryl methyl sites for hydroxylation is 1. The molecule has 1 aromatic rings. The Kier molecular flexibility index (Phi) is 5.83. The van der Waals surface area contributed by atoms with Gasteiger partial charge in [-0.25, -0.2) is 0 Å². The van der Waals surface area contributed by atoms with Crippen LogP contribution in [0.4, 0.5) is 0 Å². The van der Waals surface area contributed by atoms with Crippen LogP contribution in [0, 0.1) is 6.92 Å². The largest absolute Gasteiger partial charge is 0.329 e. The summed E-state index contributed by atoms with van der Waals surface area (Å²) in [4.78, 5) is 3.81. The molecule has 0 spiro atoms. The van der Waals surface area contributed by atoms with Crippen molar-refractivity contribution in [3.8, 4) is 0 Å². The number of rotatable bonds is 6. The van der Waals surface area contributed by atoms with Gasteiger partial charge in [0.1, 0.15) is 0 Å². The lowest BCUT2D eigenvalue weighted by atomic mass is 10.1. The van der Waals surface area contributed by atoms with Crippen LogP contribution in [0.15, 0.2) is 11.4 Å². The predicted octanol–water partition coefficient (Wildman–Crippen LogP) is 2.74. The van der Waals surface area contributed by atoms with Gasteiger partial charge in [-0.3, -0.25) is 4.90 Å². The molecule has 2 nitrogen and oxygen atoms in total. The number of nitrogens with two attached hydrogens (primary N) is 1. The maximum atomic E-state index is 5.93. The van der Waals surface area contributed by atoms with Gasteiger partial charge < -0.3 is 5.73 Å². The first-order valence-corrected chi connectivity index (χ1v) is 7.84. The van der Waals surface area contributed by atoms with Crippen molar-refractivity contribution in [3.63, 3.8) is 0 Å². The fourth-order valence-corrected chi connectivity index (χ4v) is 3.66. The fraction of sp³-hybridized carbons (Fsp3) is 0.667. The highest BCUT2D eigenvalue weighted by molar-refractivity contribution is 7.98. The molecule has 2 unspecified atom stereocenters. The molecule has 0 saturated carbocycles. The third-order valence-electron chi connectivity index (χ3n) is 3.02. The molecule has 0 aromatic carbocycles. The Morgan fingerprint density at radius 1 is 1.56 bits per heavy atom. The lowest BCUT2D eigenvalue weighted by Gasteiger charge is -2.32. The van der Waals surface area contributed by atoms with Gasteiger partial charge in [-0.15, -0.1) is 11.3 Å². The van der Waals surface area contributed by atoms with Crippen LogP contribution in [0.2, 0.25) is 0 Å². The van der Waals surface area contributed by atoms with Crippen molar-refractivity contribution < 1.29 is 0 Å². The SMILES string of the molecule is CSCC(C)N(C)C(CN)c1sccc1C. The van der Waals surface area contributed by atoms with Gasteiger partial charge in [-0.1, -0.05) is 0 Å². The molecular formula is C12H22N2S2. The zero-order valence-electron chi connectivity index (χ0n) is 10.6. The fourth-order valence-electron chi connectivity index (χ4n) is 1.85. The monoisotopic (exact) mass is 258 g/mol. The predicted molar refractivity (Wildman–Crippen MR) is 76.5 cm³/mol. The van der Waals surface area contributed by atoms with E-state index in [1.54, 1.807) is 0 Å². The zero-order valence-corrected chi connectivity index (χ0v) is 12.2. The van der Waals surface area contributed by atoms with E-state index in [0.29, 0.717) is 18.6 Å². The molecule has 0 aliphatic rings. The molecule has 0 aliphatic carbocycles. The van der Waals surface area contributed by atoms with Gasteiger partial charge in [0.2, 0.25) is 0 Å². The van der Waals surface area contributed by atoms with E-state index < -0.39 is 0 Å². The molecule has 0 amide bonds. The topological polar surface area (TPSA) is 29.3 Å². The minimum absolute atomic E-state index is 0.363. The molecule has 0 aliphatic heterocycles. The van der Waals surface area contributed by atoms with Crippen LogP contribution in [0.3, 0.4) is 0 Å². The van der Waals surface area contributed by atoms with E-state index in [1.165, 1.54) is 10.4 Å². The summed E-state index contributed by atoms with van der Waals surface area (Å²) in [7, 11) is 2.18. The molecule has 1 rings (SSSR count). The lowest BCUT2D eigenvalue weighted by molar-refractivity contribution is 0.206. The third-order valence-corrected chi connectivity index (χ3v) is 4.96. The summed E-state index contributed by atoms with van der Waals surface area (Å²) in [6, 6.07) is 3.10. The highest BCUT2D eigenvalue weighted by Gasteiger charge is 2.22. The summed E-state index contributed by atoms with van der Waals surface area (Å²) in [6.45, 7) is 5.13. The highest BCUT2D eigenvalue weighted by Crippen LogP contribution is 2.28. The van der Waals surface area contributed by atoms with Crippen LogP contribution >= 0.6 is 23.1 Å². The second-order valence-electron chi connectivity index (χ2n) is 4.19. The van der Waals surface area contributed by atoms with Gasteiger partial charge in [0.15, 0.2) is 0 Å². The average Bonchev–Trinajstić information content (AvgIpc) is 2.66. The van der Waals surface area contributed by atoms with E-state index in [4.69, 9.17) is 5.73 Å². The minimum Gasteiger partial charge on any atom is -0.329 e. The van der Waals surface area contributed by atoms with Crippen molar-refractivity contribution in [1.82, 2.24) is 4.90 Å². The molecule has 0 saturated heterocycles. The van der Waals surface area contributed by atoms with E-state index >= 15 is 0 Å². The maximum absolute atomic E-state index is 5.93. The van der Waals surface area contributed by atoms with Crippen LogP contribution in [0.1, 0.15) is 23.4 Å². The second kappa shape index (κ2) is 6.64. The van der Waals surface area contributed by atoms with Crippen LogP contribution in [-0.2, 0) is 0 Å². The molecule has 4 heteroatoms. The first-order valence-electron chi connectivity index (χ1n) is 5.56. The highest BCUT2D eigenvalue weighted by atomic mass is 32.2. The van der Waals surface area contributed by atoms with E-state index in [1.807, 2.05) is 23.1 Å². The molecule has 1 aromatic heterocycles. The smallest absolute Gasteiger partial charge is 0.0567 e. The van der Waals surface area contributed by atoms with Crippen LogP contribution in [0.25, 0.3) is 0 Å². The number of thiophene rings is 1. The van der Waals surface area contributed by atoms with E-state index in [-0.39, 0.29) is 0 Å². The Bertz CT molecular complexity index is 312. The standard InChI is InChI=1S/C12H22N2S2/c1-9-5-6-16-12(9)11(7-13)14(3)10(2)8-15-4/h5-6,10-11H,7-8,13H2,1-4H3. The number of hydrogen-bond donors (Lipinski definition) is 1. The number of hydrogen-bond acceptors (Lipinski definition) is 4. The maximum Gasteiger partial charge on any atom is 0.0567 e. The molecule has 2 atom stereocenters. The van der Waals surface area contributed by atoms with Gasteiger partial charge in [0, 0.05) is 23.2 Å². The molecule has 1 heterocycles. The van der Waals surface area contributed by atoms with Gasteiger partial charge in [-0.05, 0) is 44.2 Å². The third kappa shape index (κ3) is 3.23. The lowest BCUT2D eigenvalue weighted by Crippen LogP contribution is -2.38. The van der Waals surface area contributed by atoms with Gasteiger partial charge in [0.05, 0.1) is 6.04 Å². The Morgan fingerprint density at radius 2 is 2.25 bits per heavy atom. The van der Waals surface area contributed by atoms with E-state index in [0.717, 1.165) is 5.75 Å². The zero-order chi connectivity index (χ0) is 12.1. The van der Waals surface area contributed by atoms with Gasteiger partial charge in [-0.2, -0.15) is 11.8 Å². The summed E-state index contributed by atoms with van der Waals surface area (Å²) < 4.78 is 0. The number of likely N-dealkylation sites (N-methyl/N-ethyl adjacent to an activating group) is 1. The van der Waals surface area contributed by atoms with Gasteiger partial charge >= 0.3 is 0 Å². The molecule has 16 heavy (non-hydrogen) atoms. The van der Waals surface area contributed by atoms with Crippen LogP contribution < -0.4 is 5.73 Å². The number of thioether (sulfide) groups is 1. The molecule has 0 bridgehead atoms. The number of nitrogens with zero attached hydrogens (tertiary/aromatic N) is 1. The van der Waals surface area contributed by atoms with Gasteiger partial charge in [0.25, 0.3) is 0 Å². The quantitative estimate of drug-likeness (QED) is 0.851. The first kappa shape index (κ1) is 14.0. The van der Waals surface area contributed by atoms with Crippen molar-refractivity contribution in [2.45, 2.75) is 25.9 Å². The van der Waals surface area contributed by atoms with Crippen molar-refractivity contribution in [2.75, 3.05) is 25.6 Å². The molecular weight excluding hydrogens is 236 g/mol. The summed E-state index contributed by atoms with van der Waals surface area (Å²) in [6.07, 6.45) is 2.15. The summed E-state index contributed by atoms with van der Waals surface area (Å²) in [5, 5.41) is 2.15. The Hall–Kier alpha value is -0.0300. The summed E-state index contributed by atoms with van der Waals surface area (Å²) in [5.41, 5.74) is 7.29. The molecule has 0 fully saturated rings. The normalized spacial score (nSPS) is 15.4. The summed E-state index contributed by atoms with van der Waals surface area (Å²) in [5.74, 6) is 1.15. The van der Waals surface area contributed by atoms with Crippen molar-refractivity contribution in [3.05, 3.63) is 21.9 Å². The van der Waals surface area contributed by atoms with E-state index in [9.17, 15) is 0 Å². The molecule has 92 valence electrons. The van der Waals surface area contributed by atoms with Crippen molar-refractivity contribution in [1.29, 1.82) is 0 Å². The Morgan fingerprint density at radius 3 is 2.69 bits per heavy atom. The Balaban J connectivity index is 2.78. The van der Waals surface area contributed by atoms with Crippen molar-refractivity contribution >= 4 is 23.1 Å². The average molecular weight is 258 g/mol. The van der Waals surface area contributed by atoms with Crippen LogP contribution in [-0.4, -0.2) is 36.5 Å². The summed E-state index contributed by atoms with van der Waals surface area (Å²) >= 11 is 3.71. The van der Waals surface area contributed by atoms with E-state index in [2.05, 4.69) is 43.5 Å².